The van der Waals surface area contributed by atoms with Gasteiger partial charge in [-0.3, -0.25) is 9.63 Å². The third-order valence-electron chi connectivity index (χ3n) is 1.88. The van der Waals surface area contributed by atoms with Crippen molar-refractivity contribution in [3.05, 3.63) is 0 Å². The summed E-state index contributed by atoms with van der Waals surface area (Å²) >= 11 is 0. The third kappa shape index (κ3) is 5.94. The molecule has 0 fully saturated rings. The lowest BCUT2D eigenvalue weighted by atomic mass is 10.0. The van der Waals surface area contributed by atoms with Crippen LogP contribution in [0.1, 0.15) is 33.6 Å². The molecular formula is C10H22N2O2. The van der Waals surface area contributed by atoms with Crippen molar-refractivity contribution in [2.45, 2.75) is 33.6 Å². The van der Waals surface area contributed by atoms with Crippen LogP contribution >= 0.6 is 0 Å². The van der Waals surface area contributed by atoms with E-state index < -0.39 is 0 Å². The molecule has 0 aliphatic rings. The highest BCUT2D eigenvalue weighted by molar-refractivity contribution is 5.77. The maximum atomic E-state index is 11.4. The predicted octanol–water partition coefficient (Wildman–Crippen LogP) is 1.07. The minimum absolute atomic E-state index is 0.102. The van der Waals surface area contributed by atoms with Gasteiger partial charge in [0.25, 0.3) is 0 Å². The molecule has 0 spiro atoms. The van der Waals surface area contributed by atoms with Crippen molar-refractivity contribution in [1.82, 2.24) is 5.48 Å². The molecule has 1 unspecified atom stereocenters. The highest BCUT2D eigenvalue weighted by Crippen LogP contribution is 2.04. The number of nitrogens with two attached hydrogens (primary N) is 1. The van der Waals surface area contributed by atoms with Crippen molar-refractivity contribution in [2.75, 3.05) is 13.2 Å². The van der Waals surface area contributed by atoms with Gasteiger partial charge in [-0.25, -0.2) is 5.48 Å². The highest BCUT2D eigenvalue weighted by atomic mass is 16.6. The molecule has 3 N–H and O–H groups in total. The first-order valence-electron chi connectivity index (χ1n) is 5.23. The lowest BCUT2D eigenvalue weighted by Gasteiger charge is -2.14. The first-order chi connectivity index (χ1) is 6.61. The zero-order chi connectivity index (χ0) is 11.0. The SMILES string of the molecule is CCCC(CN)C(=O)NOCC(C)C. The maximum Gasteiger partial charge on any atom is 0.247 e. The Morgan fingerprint density at radius 3 is 2.57 bits per heavy atom. The van der Waals surface area contributed by atoms with Crippen LogP contribution in [0.5, 0.6) is 0 Å². The van der Waals surface area contributed by atoms with Gasteiger partial charge < -0.3 is 5.73 Å². The summed E-state index contributed by atoms with van der Waals surface area (Å²) in [6.45, 7) is 7.00. The summed E-state index contributed by atoms with van der Waals surface area (Å²) in [7, 11) is 0. The van der Waals surface area contributed by atoms with Crippen molar-refractivity contribution < 1.29 is 9.63 Å². The molecule has 0 saturated heterocycles. The van der Waals surface area contributed by atoms with E-state index in [4.69, 9.17) is 10.6 Å². The molecule has 0 rings (SSSR count). The Kier molecular flexibility index (Phi) is 7.42. The molecule has 0 radical (unpaired) electrons. The van der Waals surface area contributed by atoms with Gasteiger partial charge in [-0.2, -0.15) is 0 Å². The summed E-state index contributed by atoms with van der Waals surface area (Å²) in [5.74, 6) is 0.194. The summed E-state index contributed by atoms with van der Waals surface area (Å²) in [4.78, 5) is 16.5. The van der Waals surface area contributed by atoms with Crippen molar-refractivity contribution in [3.8, 4) is 0 Å². The topological polar surface area (TPSA) is 64.4 Å². The number of carbonyl (C=O) groups excluding carboxylic acids is 1. The Balaban J connectivity index is 3.69. The molecule has 0 aliphatic carbocycles. The average molecular weight is 202 g/mol. The molecule has 14 heavy (non-hydrogen) atoms. The summed E-state index contributed by atoms with van der Waals surface area (Å²) in [6.07, 6.45) is 1.77. The fourth-order valence-electron chi connectivity index (χ4n) is 1.07. The zero-order valence-electron chi connectivity index (χ0n) is 9.38. The number of nitrogens with one attached hydrogen (secondary N) is 1. The van der Waals surface area contributed by atoms with Crippen molar-refractivity contribution in [2.24, 2.45) is 17.6 Å². The average Bonchev–Trinajstić information content (AvgIpc) is 2.13. The molecule has 0 aromatic rings. The lowest BCUT2D eigenvalue weighted by Crippen LogP contribution is -2.35. The van der Waals surface area contributed by atoms with Gasteiger partial charge >= 0.3 is 0 Å². The van der Waals surface area contributed by atoms with E-state index in [1.807, 2.05) is 20.8 Å². The zero-order valence-corrected chi connectivity index (χ0v) is 9.38. The number of carbonyl (C=O) groups is 1. The van der Waals surface area contributed by atoms with E-state index in [-0.39, 0.29) is 11.8 Å². The van der Waals surface area contributed by atoms with Gasteiger partial charge in [0.05, 0.1) is 12.5 Å². The molecule has 4 heteroatoms. The Labute approximate surface area is 86.1 Å². The van der Waals surface area contributed by atoms with Gasteiger partial charge in [0.1, 0.15) is 0 Å². The van der Waals surface area contributed by atoms with Crippen molar-refractivity contribution in [3.63, 3.8) is 0 Å². The summed E-state index contributed by atoms with van der Waals surface area (Å²) in [5.41, 5.74) is 7.91. The first kappa shape index (κ1) is 13.4. The van der Waals surface area contributed by atoms with Gasteiger partial charge in [0.15, 0.2) is 0 Å². The number of amides is 1. The van der Waals surface area contributed by atoms with Gasteiger partial charge in [-0.15, -0.1) is 0 Å². The maximum absolute atomic E-state index is 11.4. The summed E-state index contributed by atoms with van der Waals surface area (Å²) < 4.78 is 0. The predicted molar refractivity (Wildman–Crippen MR) is 56.4 cm³/mol. The second kappa shape index (κ2) is 7.76. The largest absolute Gasteiger partial charge is 0.330 e. The van der Waals surface area contributed by atoms with E-state index in [1.165, 1.54) is 0 Å². The highest BCUT2D eigenvalue weighted by Gasteiger charge is 2.15. The Bertz CT molecular complexity index is 160. The Hall–Kier alpha value is -0.610. The minimum Gasteiger partial charge on any atom is -0.330 e. The Morgan fingerprint density at radius 1 is 1.50 bits per heavy atom. The van der Waals surface area contributed by atoms with Crippen LogP contribution in [0.2, 0.25) is 0 Å². The molecule has 84 valence electrons. The molecule has 0 bridgehead atoms. The molecule has 0 aliphatic heterocycles. The van der Waals surface area contributed by atoms with Gasteiger partial charge in [-0.05, 0) is 12.3 Å². The Morgan fingerprint density at radius 2 is 2.14 bits per heavy atom. The molecule has 0 aromatic heterocycles. The number of hydrogen-bond acceptors (Lipinski definition) is 3. The molecule has 1 atom stereocenters. The molecular weight excluding hydrogens is 180 g/mol. The van der Waals surface area contributed by atoms with Crippen LogP contribution in [0.15, 0.2) is 0 Å². The van der Waals surface area contributed by atoms with Gasteiger partial charge in [0, 0.05) is 6.54 Å². The van der Waals surface area contributed by atoms with E-state index in [2.05, 4.69) is 5.48 Å². The fraction of sp³-hybridized carbons (Fsp3) is 0.900. The van der Waals surface area contributed by atoms with Crippen molar-refractivity contribution >= 4 is 5.91 Å². The minimum atomic E-state index is -0.118. The molecule has 0 saturated carbocycles. The quantitative estimate of drug-likeness (QED) is 0.607. The van der Waals surface area contributed by atoms with Gasteiger partial charge in [-0.1, -0.05) is 27.2 Å². The number of rotatable bonds is 7. The first-order valence-corrected chi connectivity index (χ1v) is 5.23. The molecule has 0 heterocycles. The van der Waals surface area contributed by atoms with Crippen LogP contribution in [0.25, 0.3) is 0 Å². The van der Waals surface area contributed by atoms with Crippen LogP contribution in [0, 0.1) is 11.8 Å². The third-order valence-corrected chi connectivity index (χ3v) is 1.88. The second-order valence-electron chi connectivity index (χ2n) is 3.89. The van der Waals surface area contributed by atoms with E-state index in [9.17, 15) is 4.79 Å². The van der Waals surface area contributed by atoms with E-state index in [0.29, 0.717) is 19.1 Å². The fourth-order valence-corrected chi connectivity index (χ4v) is 1.07. The summed E-state index contributed by atoms with van der Waals surface area (Å²) in [6, 6.07) is 0. The van der Waals surface area contributed by atoms with E-state index in [1.54, 1.807) is 0 Å². The van der Waals surface area contributed by atoms with Gasteiger partial charge in [0.2, 0.25) is 5.91 Å². The number of hydroxylamine groups is 1. The second-order valence-corrected chi connectivity index (χ2v) is 3.89. The molecule has 4 nitrogen and oxygen atoms in total. The standard InChI is InChI=1S/C10H22N2O2/c1-4-5-9(6-11)10(13)12-14-7-8(2)3/h8-9H,4-7,11H2,1-3H3,(H,12,13). The van der Waals surface area contributed by atoms with Crippen molar-refractivity contribution in [1.29, 1.82) is 0 Å². The van der Waals surface area contributed by atoms with E-state index in [0.717, 1.165) is 12.8 Å². The van der Waals surface area contributed by atoms with E-state index >= 15 is 0 Å². The van der Waals surface area contributed by atoms with Crippen LogP contribution in [0.3, 0.4) is 0 Å². The normalized spacial score (nSPS) is 12.9. The van der Waals surface area contributed by atoms with Crippen LogP contribution in [0.4, 0.5) is 0 Å². The van der Waals surface area contributed by atoms with Crippen LogP contribution < -0.4 is 11.2 Å². The van der Waals surface area contributed by atoms with Crippen LogP contribution in [-0.4, -0.2) is 19.1 Å². The smallest absolute Gasteiger partial charge is 0.247 e. The van der Waals surface area contributed by atoms with Crippen LogP contribution in [-0.2, 0) is 9.63 Å². The monoisotopic (exact) mass is 202 g/mol. The number of hydrogen-bond donors (Lipinski definition) is 2. The lowest BCUT2D eigenvalue weighted by molar-refractivity contribution is -0.138. The molecule has 1 amide bonds. The molecule has 0 aromatic carbocycles. The summed E-state index contributed by atoms with van der Waals surface area (Å²) in [5, 5.41) is 0.